The van der Waals surface area contributed by atoms with E-state index < -0.39 is 17.9 Å². The number of rotatable bonds is 4. The van der Waals surface area contributed by atoms with Gasteiger partial charge in [-0.15, -0.1) is 22.7 Å². The van der Waals surface area contributed by atoms with Gasteiger partial charge in [-0.2, -0.15) is 0 Å². The quantitative estimate of drug-likeness (QED) is 0.371. The molecule has 1 aliphatic rings. The summed E-state index contributed by atoms with van der Waals surface area (Å²) in [6.07, 6.45) is 3.75. The van der Waals surface area contributed by atoms with Crippen LogP contribution in [0.3, 0.4) is 0 Å². The fourth-order valence-corrected chi connectivity index (χ4v) is 5.41. The van der Waals surface area contributed by atoms with Gasteiger partial charge in [0.1, 0.15) is 10.7 Å². The first-order chi connectivity index (χ1) is 14.1. The number of aryl methyl sites for hydroxylation is 1. The largest absolute Gasteiger partial charge is 0.462 e. The predicted molar refractivity (Wildman–Crippen MR) is 113 cm³/mol. The average Bonchev–Trinajstić information content (AvgIpc) is 3.38. The Kier molecular flexibility index (Phi) is 5.54. The maximum atomic E-state index is 12.4. The van der Waals surface area contributed by atoms with Crippen molar-refractivity contribution in [2.24, 2.45) is 0 Å². The van der Waals surface area contributed by atoms with E-state index in [2.05, 4.69) is 21.2 Å². The van der Waals surface area contributed by atoms with Crippen LogP contribution in [-0.2, 0) is 17.6 Å². The molecule has 0 saturated heterocycles. The van der Waals surface area contributed by atoms with Crippen LogP contribution in [0.5, 0.6) is 0 Å². The molecule has 3 aromatic rings. The van der Waals surface area contributed by atoms with E-state index in [1.165, 1.54) is 22.7 Å². The van der Waals surface area contributed by atoms with Gasteiger partial charge in [0.25, 0.3) is 5.91 Å². The monoisotopic (exact) mass is 432 g/mol. The normalized spacial score (nSPS) is 13.0. The summed E-state index contributed by atoms with van der Waals surface area (Å²) in [5.74, 6) is -0.891. The van der Waals surface area contributed by atoms with E-state index in [1.54, 1.807) is 13.0 Å². The Labute approximate surface area is 174 Å². The molecule has 1 aliphatic carbocycles. The molecule has 0 saturated carbocycles. The summed E-state index contributed by atoms with van der Waals surface area (Å²) in [7, 11) is 0. The van der Waals surface area contributed by atoms with Crippen molar-refractivity contribution in [3.63, 3.8) is 0 Å². The number of amides is 3. The molecule has 0 spiro atoms. The number of H-pyrrole nitrogens is 1. The van der Waals surface area contributed by atoms with Gasteiger partial charge in [0.2, 0.25) is 0 Å². The van der Waals surface area contributed by atoms with Crippen LogP contribution >= 0.6 is 22.7 Å². The summed E-state index contributed by atoms with van der Waals surface area (Å²) >= 11 is 2.91. The van der Waals surface area contributed by atoms with E-state index in [9.17, 15) is 14.4 Å². The first kappa shape index (κ1) is 19.5. The highest BCUT2D eigenvalue weighted by atomic mass is 32.1. The second-order valence-electron chi connectivity index (χ2n) is 6.55. The van der Waals surface area contributed by atoms with Crippen LogP contribution in [-0.4, -0.2) is 29.5 Å². The second-order valence-corrected chi connectivity index (χ2v) is 8.60. The zero-order valence-electron chi connectivity index (χ0n) is 15.7. The number of ether oxygens (including phenoxy) is 1. The second kappa shape index (κ2) is 8.26. The van der Waals surface area contributed by atoms with Crippen molar-refractivity contribution >= 4 is 55.8 Å². The topological polar surface area (TPSA) is 112 Å². The van der Waals surface area contributed by atoms with Crippen LogP contribution < -0.4 is 16.2 Å². The number of aromatic amines is 1. The molecule has 0 radical (unpaired) electrons. The lowest BCUT2D eigenvalue weighted by Crippen LogP contribution is -2.44. The highest BCUT2D eigenvalue weighted by Crippen LogP contribution is 2.38. The molecule has 4 N–H and O–H groups in total. The highest BCUT2D eigenvalue weighted by Gasteiger charge is 2.27. The Morgan fingerprint density at radius 1 is 1.21 bits per heavy atom. The van der Waals surface area contributed by atoms with E-state index in [-0.39, 0.29) is 6.61 Å². The Hall–Kier alpha value is -2.85. The number of anilines is 1. The fraction of sp³-hybridized carbons (Fsp3) is 0.316. The van der Waals surface area contributed by atoms with Crippen molar-refractivity contribution in [3.05, 3.63) is 39.2 Å². The van der Waals surface area contributed by atoms with Crippen molar-refractivity contribution in [2.45, 2.75) is 32.6 Å². The molecule has 3 amide bonds. The summed E-state index contributed by atoms with van der Waals surface area (Å²) < 4.78 is 6.14. The lowest BCUT2D eigenvalue weighted by Gasteiger charge is -2.12. The first-order valence-electron chi connectivity index (χ1n) is 9.32. The molecule has 4 rings (SSSR count). The number of carbonyl (C=O) groups is 3. The lowest BCUT2D eigenvalue weighted by atomic mass is 9.95. The van der Waals surface area contributed by atoms with Crippen LogP contribution in [0.2, 0.25) is 0 Å². The van der Waals surface area contributed by atoms with Crippen molar-refractivity contribution in [1.82, 2.24) is 15.8 Å². The van der Waals surface area contributed by atoms with E-state index in [4.69, 9.17) is 4.74 Å². The third-order valence-electron chi connectivity index (χ3n) is 4.65. The van der Waals surface area contributed by atoms with Gasteiger partial charge in [0, 0.05) is 4.88 Å². The fourth-order valence-electron chi connectivity index (χ4n) is 3.36. The average molecular weight is 433 g/mol. The number of carbonyl (C=O) groups excluding carboxylic acids is 3. The molecule has 0 bridgehead atoms. The van der Waals surface area contributed by atoms with Crippen LogP contribution in [0.15, 0.2) is 17.5 Å². The van der Waals surface area contributed by atoms with Crippen LogP contribution in [0.4, 0.5) is 9.80 Å². The smallest absolute Gasteiger partial charge is 0.341 e. The minimum atomic E-state index is -0.629. The first-order valence-corrected chi connectivity index (χ1v) is 11.0. The number of fused-ring (bicyclic) bond motifs is 2. The third-order valence-corrected chi connectivity index (χ3v) is 6.72. The van der Waals surface area contributed by atoms with Crippen molar-refractivity contribution < 1.29 is 19.1 Å². The van der Waals surface area contributed by atoms with Crippen molar-refractivity contribution in [3.8, 4) is 0 Å². The van der Waals surface area contributed by atoms with E-state index in [0.717, 1.165) is 46.3 Å². The molecular weight excluding hydrogens is 412 g/mol. The van der Waals surface area contributed by atoms with Crippen LogP contribution in [0.1, 0.15) is 51.1 Å². The standard InChI is InChI=1S/C19H20N4O4S2/c1-2-27-18(25)15-10-5-3-4-6-13(10)29-17(15)21-19(26)23-22-16(24)12-9-14-11(20-12)7-8-28-14/h7-9,20H,2-6H2,1H3,(H,22,24)(H2,21,23,26). The van der Waals surface area contributed by atoms with Gasteiger partial charge >= 0.3 is 12.0 Å². The number of hydrazine groups is 1. The molecule has 0 aliphatic heterocycles. The van der Waals surface area contributed by atoms with Crippen molar-refractivity contribution in [1.29, 1.82) is 0 Å². The molecule has 3 aromatic heterocycles. The van der Waals surface area contributed by atoms with Crippen LogP contribution in [0, 0.1) is 0 Å². The summed E-state index contributed by atoms with van der Waals surface area (Å²) in [6, 6.07) is 2.98. The third kappa shape index (κ3) is 3.99. The van der Waals surface area contributed by atoms with E-state index in [0.29, 0.717) is 16.3 Å². The maximum absolute atomic E-state index is 12.4. The van der Waals surface area contributed by atoms with E-state index in [1.807, 2.05) is 11.4 Å². The van der Waals surface area contributed by atoms with Gasteiger partial charge in [-0.05, 0) is 55.7 Å². The minimum absolute atomic E-state index is 0.263. The SMILES string of the molecule is CCOC(=O)c1c(NC(=O)NNC(=O)c2cc3sccc3[nH]2)sc2c1CCCC2. The molecule has 0 aromatic carbocycles. The van der Waals surface area contributed by atoms with Gasteiger partial charge in [-0.25, -0.2) is 15.0 Å². The van der Waals surface area contributed by atoms with Gasteiger partial charge in [0.15, 0.2) is 0 Å². The number of thiophene rings is 2. The van der Waals surface area contributed by atoms with Crippen molar-refractivity contribution in [2.75, 3.05) is 11.9 Å². The zero-order valence-corrected chi connectivity index (χ0v) is 17.4. The van der Waals surface area contributed by atoms with Gasteiger partial charge in [0.05, 0.1) is 22.4 Å². The molecule has 3 heterocycles. The molecular formula is C19H20N4O4S2. The van der Waals surface area contributed by atoms with Gasteiger partial charge in [-0.3, -0.25) is 15.5 Å². The molecule has 0 fully saturated rings. The summed E-state index contributed by atoms with van der Waals surface area (Å²) in [4.78, 5) is 41.1. The Bertz CT molecular complexity index is 1050. The zero-order chi connectivity index (χ0) is 20.4. The summed E-state index contributed by atoms with van der Waals surface area (Å²) in [5.41, 5.74) is 7.31. The number of urea groups is 1. The lowest BCUT2D eigenvalue weighted by molar-refractivity contribution is 0.0526. The number of nitrogens with one attached hydrogen (secondary N) is 4. The molecule has 29 heavy (non-hydrogen) atoms. The molecule has 10 heteroatoms. The van der Waals surface area contributed by atoms with Gasteiger partial charge < -0.3 is 9.72 Å². The number of hydrogen-bond acceptors (Lipinski definition) is 6. The highest BCUT2D eigenvalue weighted by molar-refractivity contribution is 7.17. The molecule has 0 atom stereocenters. The Morgan fingerprint density at radius 2 is 2.03 bits per heavy atom. The van der Waals surface area contributed by atoms with Gasteiger partial charge in [-0.1, -0.05) is 0 Å². The number of hydrogen-bond donors (Lipinski definition) is 4. The van der Waals surface area contributed by atoms with Crippen LogP contribution in [0.25, 0.3) is 10.2 Å². The molecule has 8 nitrogen and oxygen atoms in total. The maximum Gasteiger partial charge on any atom is 0.341 e. The minimum Gasteiger partial charge on any atom is -0.462 e. The summed E-state index contributed by atoms with van der Waals surface area (Å²) in [5, 5.41) is 5.05. The molecule has 152 valence electrons. The Morgan fingerprint density at radius 3 is 2.83 bits per heavy atom. The molecule has 0 unspecified atom stereocenters. The number of aromatic nitrogens is 1. The summed E-state index contributed by atoms with van der Waals surface area (Å²) in [6.45, 7) is 2.01. The predicted octanol–water partition coefficient (Wildman–Crippen LogP) is 3.81. The van der Waals surface area contributed by atoms with E-state index >= 15 is 0 Å². The Balaban J connectivity index is 1.43. The number of esters is 1.